The lowest BCUT2D eigenvalue weighted by Gasteiger charge is -2.72. The van der Waals surface area contributed by atoms with E-state index in [1.165, 1.54) is 62.5 Å². The number of carboxylic acids is 1. The molecule has 4 saturated carbocycles. The maximum absolute atomic E-state index is 12.7. The van der Waals surface area contributed by atoms with Crippen LogP contribution in [0.5, 0.6) is 0 Å². The van der Waals surface area contributed by atoms with Crippen LogP contribution in [0, 0.1) is 56.7 Å². The van der Waals surface area contributed by atoms with Crippen molar-refractivity contribution in [2.24, 2.45) is 56.7 Å². The highest BCUT2D eigenvalue weighted by molar-refractivity contribution is 5.88. The van der Waals surface area contributed by atoms with E-state index < -0.39 is 11.5 Å². The molecule has 0 bridgehead atoms. The van der Waals surface area contributed by atoms with Crippen LogP contribution in [-0.4, -0.2) is 59.0 Å². The predicted molar refractivity (Wildman–Crippen MR) is 205 cm³/mol. The topological polar surface area (TPSA) is 122 Å². The fraction of sp³-hybridized carbons (Fsp3) is 0.727. The van der Waals surface area contributed by atoms with Gasteiger partial charge >= 0.3 is 5.97 Å². The first-order valence-electron chi connectivity index (χ1n) is 19.9. The van der Waals surface area contributed by atoms with E-state index in [4.69, 9.17) is 5.11 Å². The number of amides is 1. The number of allylic oxidation sites excluding steroid dienone is 3. The Labute approximate surface area is 307 Å². The van der Waals surface area contributed by atoms with Gasteiger partial charge < -0.3 is 26.0 Å². The molecule has 7 nitrogen and oxygen atoms in total. The minimum absolute atomic E-state index is 0.00443. The fourth-order valence-electron chi connectivity index (χ4n) is 13.6. The molecule has 3 unspecified atom stereocenters. The maximum atomic E-state index is 12.7. The Morgan fingerprint density at radius 1 is 0.961 bits per heavy atom. The van der Waals surface area contributed by atoms with Gasteiger partial charge in [-0.05, 0) is 152 Å². The normalized spacial score (nSPS) is 39.3. The summed E-state index contributed by atoms with van der Waals surface area (Å²) in [7, 11) is 0. The summed E-state index contributed by atoms with van der Waals surface area (Å²) in [6, 6.07) is 7.55. The van der Waals surface area contributed by atoms with Crippen LogP contribution in [0.15, 0.2) is 42.5 Å². The molecule has 5 aliphatic rings. The first-order valence-corrected chi connectivity index (χ1v) is 19.9. The van der Waals surface area contributed by atoms with E-state index in [0.29, 0.717) is 48.1 Å². The van der Waals surface area contributed by atoms with Crippen LogP contribution in [0.3, 0.4) is 0 Å². The van der Waals surface area contributed by atoms with Gasteiger partial charge in [0.05, 0.1) is 12.2 Å². The zero-order valence-electron chi connectivity index (χ0n) is 32.6. The summed E-state index contributed by atoms with van der Waals surface area (Å²) in [5, 5.41) is 33.4. The minimum atomic E-state index is -0.887. The van der Waals surface area contributed by atoms with E-state index in [0.717, 1.165) is 18.5 Å². The van der Waals surface area contributed by atoms with E-state index in [-0.39, 0.29) is 46.2 Å². The van der Waals surface area contributed by atoms with Crippen LogP contribution in [0.4, 0.5) is 0 Å². The number of aliphatic hydroxyl groups excluding tert-OH is 1. The van der Waals surface area contributed by atoms with Gasteiger partial charge in [0, 0.05) is 19.5 Å². The van der Waals surface area contributed by atoms with Crippen molar-refractivity contribution in [1.82, 2.24) is 10.6 Å². The molecule has 0 heterocycles. The van der Waals surface area contributed by atoms with Gasteiger partial charge in [-0.2, -0.15) is 0 Å². The van der Waals surface area contributed by atoms with E-state index in [1.54, 1.807) is 19.1 Å². The van der Waals surface area contributed by atoms with Crippen LogP contribution in [0.25, 0.3) is 5.57 Å². The quantitative estimate of drug-likeness (QED) is 0.107. The Morgan fingerprint density at radius 2 is 1.67 bits per heavy atom. The fourth-order valence-corrected chi connectivity index (χ4v) is 13.6. The van der Waals surface area contributed by atoms with Gasteiger partial charge in [0.25, 0.3) is 0 Å². The lowest BCUT2D eigenvalue weighted by atomic mass is 9.32. The molecule has 0 radical (unpaired) electrons. The van der Waals surface area contributed by atoms with Crippen LogP contribution < -0.4 is 10.6 Å². The molecule has 1 aromatic carbocycles. The predicted octanol–water partition coefficient (Wildman–Crippen LogP) is 7.61. The number of carbonyl (C=O) groups is 2. The van der Waals surface area contributed by atoms with E-state index >= 15 is 0 Å². The number of aromatic carboxylic acids is 1. The first kappa shape index (κ1) is 38.3. The van der Waals surface area contributed by atoms with Crippen molar-refractivity contribution in [3.8, 4) is 0 Å². The summed E-state index contributed by atoms with van der Waals surface area (Å²) in [5.41, 5.74) is 4.27. The molecular weight excluding hydrogens is 636 g/mol. The lowest BCUT2D eigenvalue weighted by molar-refractivity contribution is -0.225. The number of hydrogen-bond donors (Lipinski definition) is 4. The van der Waals surface area contributed by atoms with Crippen molar-refractivity contribution in [2.45, 2.75) is 118 Å². The second-order valence-electron chi connectivity index (χ2n) is 19.3. The number of rotatable bonds is 11. The molecule has 0 saturated heterocycles. The number of carbonyl (C=O) groups excluding carboxylic acids is 1. The molecule has 0 aromatic heterocycles. The summed E-state index contributed by atoms with van der Waals surface area (Å²) in [4.78, 5) is 24.3. The SMILES string of the molecule is C=C(C)[C@@H]1CC[C@]2(CNCCC(=O)NC(C)(CO)C[OH2+])CC[C@]3(C)[C@H](CCC4[C@@]5(C)CC=C(c6ccc(C(=O)O)cc6)C(C)(C)C5CC[C@]43C)[C@@H]12. The third-order valence-electron chi connectivity index (χ3n) is 16.4. The Kier molecular flexibility index (Phi) is 10.1. The highest BCUT2D eigenvalue weighted by Gasteiger charge is 2.70. The Hall–Kier alpha value is -2.48. The molecule has 0 spiro atoms. The van der Waals surface area contributed by atoms with Crippen molar-refractivity contribution in [3.05, 3.63) is 53.6 Å². The van der Waals surface area contributed by atoms with Crippen molar-refractivity contribution in [3.63, 3.8) is 0 Å². The molecule has 5 aliphatic carbocycles. The van der Waals surface area contributed by atoms with Gasteiger partial charge in [-0.15, -0.1) is 0 Å². The van der Waals surface area contributed by atoms with Crippen molar-refractivity contribution < 1.29 is 24.9 Å². The zero-order chi connectivity index (χ0) is 37.2. The highest BCUT2D eigenvalue weighted by Crippen LogP contribution is 2.77. The Bertz CT molecular complexity index is 1540. The summed E-state index contributed by atoms with van der Waals surface area (Å²) < 4.78 is 0. The number of benzene rings is 1. The van der Waals surface area contributed by atoms with Gasteiger partial charge in [-0.25, -0.2) is 4.79 Å². The van der Waals surface area contributed by atoms with Crippen molar-refractivity contribution >= 4 is 17.4 Å². The standard InChI is InChI=1S/C44H66N2O5/c1-28(2)31-15-21-44(25-45-24-18-36(49)46-40(5,26-47)27-48)23-22-42(7)33(37(31)44)13-14-35-41(6)19-16-32(29-9-11-30(12-10-29)38(50)51)39(3,4)34(41)17-20-43(35,42)8/h9-12,16,31,33-35,37,45,47-48H,1,13-15,17-27H2,2-8H3,(H,46,49)(H,50,51)/p+1/t31-,33+,34?,35?,37+,41-,42+,43+,44+/m0/s1. The molecule has 4 fully saturated rings. The summed E-state index contributed by atoms with van der Waals surface area (Å²) in [6.45, 7) is 22.7. The number of fused-ring (bicyclic) bond motifs is 7. The first-order chi connectivity index (χ1) is 23.9. The average Bonchev–Trinajstić information content (AvgIpc) is 3.47. The van der Waals surface area contributed by atoms with Gasteiger partial charge in [-0.1, -0.05) is 65.0 Å². The highest BCUT2D eigenvalue weighted by atomic mass is 16.4. The molecule has 7 heteroatoms. The molecule has 282 valence electrons. The smallest absolute Gasteiger partial charge is 0.335 e. The number of nitrogens with one attached hydrogen (secondary N) is 2. The summed E-state index contributed by atoms with van der Waals surface area (Å²) in [5.74, 6) is 2.03. The molecule has 51 heavy (non-hydrogen) atoms. The van der Waals surface area contributed by atoms with Crippen LogP contribution >= 0.6 is 0 Å². The second kappa shape index (κ2) is 13.4. The van der Waals surface area contributed by atoms with E-state index in [2.05, 4.69) is 64.8 Å². The van der Waals surface area contributed by atoms with Crippen molar-refractivity contribution in [1.29, 1.82) is 0 Å². The average molecular weight is 704 g/mol. The van der Waals surface area contributed by atoms with Crippen LogP contribution in [0.2, 0.25) is 0 Å². The third kappa shape index (κ3) is 6.06. The largest absolute Gasteiger partial charge is 0.478 e. The summed E-state index contributed by atoms with van der Waals surface area (Å²) in [6.07, 6.45) is 13.9. The molecule has 1 aromatic rings. The molecule has 0 aliphatic heterocycles. The maximum Gasteiger partial charge on any atom is 0.335 e. The third-order valence-corrected chi connectivity index (χ3v) is 16.4. The number of aliphatic hydroxyl groups is 1. The summed E-state index contributed by atoms with van der Waals surface area (Å²) >= 11 is 0. The number of hydrogen-bond acceptors (Lipinski definition) is 4. The lowest BCUT2D eigenvalue weighted by Crippen LogP contribution is -2.65. The van der Waals surface area contributed by atoms with Gasteiger partial charge in [0.15, 0.2) is 6.61 Å². The van der Waals surface area contributed by atoms with Crippen molar-refractivity contribution in [2.75, 3.05) is 26.3 Å². The second-order valence-corrected chi connectivity index (χ2v) is 19.3. The molecular formula is C44H67N2O5+. The molecule has 6 N–H and O–H groups in total. The number of carboxylic acid groups (broad SMARTS) is 1. The molecule has 10 atom stereocenters. The minimum Gasteiger partial charge on any atom is -0.478 e. The van der Waals surface area contributed by atoms with Gasteiger partial charge in [0.1, 0.15) is 5.54 Å². The van der Waals surface area contributed by atoms with Crippen LogP contribution in [0.1, 0.15) is 129 Å². The van der Waals surface area contributed by atoms with E-state index in [9.17, 15) is 19.8 Å². The van der Waals surface area contributed by atoms with E-state index in [1.807, 2.05) is 12.1 Å². The van der Waals surface area contributed by atoms with Gasteiger partial charge in [-0.3, -0.25) is 4.79 Å². The Morgan fingerprint density at radius 3 is 2.29 bits per heavy atom. The van der Waals surface area contributed by atoms with Crippen LogP contribution in [-0.2, 0) is 4.79 Å². The molecule has 6 rings (SSSR count). The Balaban J connectivity index is 1.23. The zero-order valence-corrected chi connectivity index (χ0v) is 32.6. The molecule has 1 amide bonds. The van der Waals surface area contributed by atoms with Gasteiger partial charge in [0.2, 0.25) is 5.91 Å². The monoisotopic (exact) mass is 704 g/mol.